The Morgan fingerprint density at radius 2 is 2.17 bits per heavy atom. The summed E-state index contributed by atoms with van der Waals surface area (Å²) in [5, 5.41) is 16.5. The Labute approximate surface area is 178 Å². The molecule has 1 aliphatic heterocycles. The molecule has 0 aliphatic carbocycles. The molecule has 1 aliphatic rings. The smallest absolute Gasteiger partial charge is 0.229 e. The number of fused-ring (bicyclic) bond motifs is 1. The Morgan fingerprint density at radius 3 is 2.97 bits per heavy atom. The van der Waals surface area contributed by atoms with Crippen molar-refractivity contribution in [1.29, 1.82) is 5.26 Å². The fourth-order valence-corrected chi connectivity index (χ4v) is 3.63. The van der Waals surface area contributed by atoms with Crippen LogP contribution in [0.3, 0.4) is 0 Å². The van der Waals surface area contributed by atoms with Gasteiger partial charge in [-0.15, -0.1) is 0 Å². The highest BCUT2D eigenvalue weighted by molar-refractivity contribution is 6.32. The number of carbonyl (C=O) groups is 1. The van der Waals surface area contributed by atoms with E-state index in [1.807, 2.05) is 19.1 Å². The van der Waals surface area contributed by atoms with Gasteiger partial charge >= 0.3 is 0 Å². The first-order valence-corrected chi connectivity index (χ1v) is 9.75. The van der Waals surface area contributed by atoms with Gasteiger partial charge in [-0.3, -0.25) is 10.1 Å². The molecule has 1 N–H and O–H groups in total. The van der Waals surface area contributed by atoms with Crippen LogP contribution < -0.4 is 14.8 Å². The minimum absolute atomic E-state index is 0.150. The standard InChI is InChI=1S/C21H18ClN5O3/c1-2-29-18-8-15(17-9-19(28)26-21-24-12-25-27(17)21)7-16(22)20(18)30-11-14-6-4-3-5-13(14)10-23/h3-8,12,17H,2,9,11H2,1H3,(H,24,25,26,28)/t17-/m1/s1. The van der Waals surface area contributed by atoms with E-state index < -0.39 is 0 Å². The van der Waals surface area contributed by atoms with Gasteiger partial charge in [-0.2, -0.15) is 15.3 Å². The molecule has 0 fully saturated rings. The number of benzene rings is 2. The Hall–Kier alpha value is -3.57. The van der Waals surface area contributed by atoms with Gasteiger partial charge in [-0.1, -0.05) is 29.8 Å². The van der Waals surface area contributed by atoms with Crippen LogP contribution in [0.1, 0.15) is 36.1 Å². The maximum Gasteiger partial charge on any atom is 0.229 e. The van der Waals surface area contributed by atoms with Gasteiger partial charge in [0.25, 0.3) is 0 Å². The number of hydrogen-bond donors (Lipinski definition) is 1. The van der Waals surface area contributed by atoms with Gasteiger partial charge in [0.15, 0.2) is 11.5 Å². The maximum absolute atomic E-state index is 12.1. The summed E-state index contributed by atoms with van der Waals surface area (Å²) in [7, 11) is 0. The number of ether oxygens (including phenoxy) is 2. The van der Waals surface area contributed by atoms with E-state index in [2.05, 4.69) is 21.5 Å². The lowest BCUT2D eigenvalue weighted by atomic mass is 10.0. The second-order valence-corrected chi connectivity index (χ2v) is 7.02. The zero-order valence-electron chi connectivity index (χ0n) is 16.1. The Balaban J connectivity index is 1.67. The fourth-order valence-electron chi connectivity index (χ4n) is 3.35. The summed E-state index contributed by atoms with van der Waals surface area (Å²) in [5.41, 5.74) is 2.05. The second-order valence-electron chi connectivity index (χ2n) is 6.62. The van der Waals surface area contributed by atoms with Crippen molar-refractivity contribution in [2.24, 2.45) is 0 Å². The fraction of sp³-hybridized carbons (Fsp3) is 0.238. The number of carbonyl (C=O) groups excluding carboxylic acids is 1. The number of hydrogen-bond acceptors (Lipinski definition) is 6. The van der Waals surface area contributed by atoms with Crippen LogP contribution in [0.4, 0.5) is 5.95 Å². The highest BCUT2D eigenvalue weighted by atomic mass is 35.5. The normalized spacial score (nSPS) is 15.1. The van der Waals surface area contributed by atoms with Gasteiger partial charge in [0.2, 0.25) is 11.9 Å². The number of nitriles is 1. The molecule has 9 heteroatoms. The molecule has 1 amide bonds. The molecule has 2 aromatic carbocycles. The van der Waals surface area contributed by atoms with Gasteiger partial charge in [0.1, 0.15) is 12.9 Å². The highest BCUT2D eigenvalue weighted by Crippen LogP contribution is 2.41. The average molecular weight is 424 g/mol. The highest BCUT2D eigenvalue weighted by Gasteiger charge is 2.29. The first-order valence-electron chi connectivity index (χ1n) is 9.37. The molecule has 152 valence electrons. The molecule has 1 atom stereocenters. The molecular weight excluding hydrogens is 406 g/mol. The minimum atomic E-state index is -0.360. The minimum Gasteiger partial charge on any atom is -0.490 e. The molecule has 3 aromatic rings. The maximum atomic E-state index is 12.1. The van der Waals surface area contributed by atoms with Crippen LogP contribution in [0.2, 0.25) is 5.02 Å². The number of halogens is 1. The van der Waals surface area contributed by atoms with E-state index in [9.17, 15) is 10.1 Å². The van der Waals surface area contributed by atoms with Crippen molar-refractivity contribution >= 4 is 23.5 Å². The molecule has 0 saturated heterocycles. The summed E-state index contributed by atoms with van der Waals surface area (Å²) >= 11 is 6.55. The van der Waals surface area contributed by atoms with Gasteiger partial charge in [0, 0.05) is 5.56 Å². The third-order valence-electron chi connectivity index (χ3n) is 4.72. The summed E-state index contributed by atoms with van der Waals surface area (Å²) in [6.45, 7) is 2.44. The lowest BCUT2D eigenvalue weighted by Gasteiger charge is -2.25. The number of aromatic nitrogens is 3. The molecule has 2 heterocycles. The molecule has 30 heavy (non-hydrogen) atoms. The first kappa shape index (κ1) is 19.7. The van der Waals surface area contributed by atoms with Crippen molar-refractivity contribution in [2.75, 3.05) is 11.9 Å². The molecule has 0 unspecified atom stereocenters. The van der Waals surface area contributed by atoms with Crippen LogP contribution in [0.25, 0.3) is 0 Å². The van der Waals surface area contributed by atoms with Gasteiger partial charge in [0.05, 0.1) is 35.7 Å². The monoisotopic (exact) mass is 423 g/mol. The van der Waals surface area contributed by atoms with E-state index in [0.29, 0.717) is 34.6 Å². The molecule has 4 rings (SSSR count). The second kappa shape index (κ2) is 8.43. The van der Waals surface area contributed by atoms with Crippen LogP contribution >= 0.6 is 11.6 Å². The summed E-state index contributed by atoms with van der Waals surface area (Å²) < 4.78 is 13.4. The van der Waals surface area contributed by atoms with Gasteiger partial charge < -0.3 is 9.47 Å². The zero-order chi connectivity index (χ0) is 21.1. The molecule has 0 saturated carbocycles. The van der Waals surface area contributed by atoms with E-state index in [-0.39, 0.29) is 25.0 Å². The number of anilines is 1. The zero-order valence-corrected chi connectivity index (χ0v) is 16.9. The van der Waals surface area contributed by atoms with Crippen molar-refractivity contribution in [3.63, 3.8) is 0 Å². The SMILES string of the molecule is CCOc1cc([C@H]2CC(=O)Nc3ncnn32)cc(Cl)c1OCc1ccccc1C#N. The van der Waals surface area contributed by atoms with E-state index >= 15 is 0 Å². The van der Waals surface area contributed by atoms with Gasteiger partial charge in [-0.25, -0.2) is 4.68 Å². The Bertz CT molecular complexity index is 1140. The van der Waals surface area contributed by atoms with E-state index in [0.717, 1.165) is 11.1 Å². The van der Waals surface area contributed by atoms with Crippen LogP contribution in [0.15, 0.2) is 42.7 Å². The molecule has 0 bridgehead atoms. The van der Waals surface area contributed by atoms with Crippen molar-refractivity contribution in [2.45, 2.75) is 26.0 Å². The lowest BCUT2D eigenvalue weighted by molar-refractivity contribution is -0.117. The van der Waals surface area contributed by atoms with E-state index in [4.69, 9.17) is 21.1 Å². The molecule has 0 spiro atoms. The largest absolute Gasteiger partial charge is 0.490 e. The topological polar surface area (TPSA) is 102 Å². The van der Waals surface area contributed by atoms with Crippen LogP contribution in [0.5, 0.6) is 11.5 Å². The Morgan fingerprint density at radius 1 is 1.33 bits per heavy atom. The average Bonchev–Trinajstić information content (AvgIpc) is 3.21. The summed E-state index contributed by atoms with van der Waals surface area (Å²) in [6, 6.07) is 12.5. The third kappa shape index (κ3) is 3.80. The van der Waals surface area contributed by atoms with Crippen molar-refractivity contribution in [3.8, 4) is 17.6 Å². The quantitative estimate of drug-likeness (QED) is 0.648. The van der Waals surface area contributed by atoms with Crippen molar-refractivity contribution in [1.82, 2.24) is 14.8 Å². The van der Waals surface area contributed by atoms with Crippen LogP contribution in [0, 0.1) is 11.3 Å². The number of nitrogens with one attached hydrogen (secondary N) is 1. The number of nitrogens with zero attached hydrogens (tertiary/aromatic N) is 4. The summed E-state index contributed by atoms with van der Waals surface area (Å²) in [5.74, 6) is 1.08. The molecule has 0 radical (unpaired) electrons. The molecular formula is C21H18ClN5O3. The lowest BCUT2D eigenvalue weighted by Crippen LogP contribution is -2.29. The van der Waals surface area contributed by atoms with Gasteiger partial charge in [-0.05, 0) is 30.7 Å². The third-order valence-corrected chi connectivity index (χ3v) is 5.01. The first-order chi connectivity index (χ1) is 14.6. The van der Waals surface area contributed by atoms with Crippen LogP contribution in [-0.2, 0) is 11.4 Å². The van der Waals surface area contributed by atoms with Crippen molar-refractivity contribution in [3.05, 3.63) is 64.4 Å². The summed E-state index contributed by atoms with van der Waals surface area (Å²) in [6.07, 6.45) is 1.59. The predicted octanol–water partition coefficient (Wildman–Crippen LogP) is 3.71. The Kier molecular flexibility index (Phi) is 5.55. The number of amides is 1. The van der Waals surface area contributed by atoms with Crippen molar-refractivity contribution < 1.29 is 14.3 Å². The number of rotatable bonds is 6. The van der Waals surface area contributed by atoms with E-state index in [1.54, 1.807) is 28.9 Å². The predicted molar refractivity (Wildman–Crippen MR) is 110 cm³/mol. The van der Waals surface area contributed by atoms with E-state index in [1.165, 1.54) is 6.33 Å². The van der Waals surface area contributed by atoms with Crippen LogP contribution in [-0.4, -0.2) is 27.3 Å². The summed E-state index contributed by atoms with van der Waals surface area (Å²) in [4.78, 5) is 16.1. The molecule has 8 nitrogen and oxygen atoms in total. The molecule has 1 aromatic heterocycles.